The average Bonchev–Trinajstić information content (AvgIpc) is 2.85. The highest BCUT2D eigenvalue weighted by Gasteiger charge is 2.07. The van der Waals surface area contributed by atoms with E-state index in [0.717, 1.165) is 16.5 Å². The second-order valence-electron chi connectivity index (χ2n) is 4.49. The van der Waals surface area contributed by atoms with Gasteiger partial charge in [-0.05, 0) is 23.8 Å². The van der Waals surface area contributed by atoms with Crippen molar-refractivity contribution in [3.05, 3.63) is 65.6 Å². The number of nitrogens with zero attached hydrogens (tertiary/aromatic N) is 2. The molecule has 2 N–H and O–H groups in total. The van der Waals surface area contributed by atoms with Crippen LogP contribution in [0.2, 0.25) is 0 Å². The monoisotopic (exact) mass is 255 g/mol. The molecule has 96 valence electrons. The molecular formula is C15H14FN3. The normalized spacial score (nSPS) is 11.1. The molecule has 19 heavy (non-hydrogen) atoms. The summed E-state index contributed by atoms with van der Waals surface area (Å²) in [6.45, 7) is 0.820. The van der Waals surface area contributed by atoms with Crippen LogP contribution < -0.4 is 5.73 Å². The second-order valence-corrected chi connectivity index (χ2v) is 4.49. The Hall–Kier alpha value is -2.20. The molecule has 4 heteroatoms. The molecule has 0 fully saturated rings. The SMILES string of the molecule is NCc1ccc(F)c(Cn2ncc3ccccc32)c1. The van der Waals surface area contributed by atoms with E-state index in [1.54, 1.807) is 23.0 Å². The van der Waals surface area contributed by atoms with E-state index in [9.17, 15) is 4.39 Å². The first-order valence-corrected chi connectivity index (χ1v) is 6.16. The molecule has 3 aromatic rings. The minimum atomic E-state index is -0.225. The highest BCUT2D eigenvalue weighted by Crippen LogP contribution is 2.17. The van der Waals surface area contributed by atoms with Gasteiger partial charge in [0.25, 0.3) is 0 Å². The van der Waals surface area contributed by atoms with Crippen molar-refractivity contribution < 1.29 is 4.39 Å². The highest BCUT2D eigenvalue weighted by atomic mass is 19.1. The first-order valence-electron chi connectivity index (χ1n) is 6.16. The number of hydrogen-bond acceptors (Lipinski definition) is 2. The summed E-state index contributed by atoms with van der Waals surface area (Å²) in [6, 6.07) is 12.9. The molecule has 0 radical (unpaired) electrons. The molecule has 3 rings (SSSR count). The first-order chi connectivity index (χ1) is 9.28. The quantitative estimate of drug-likeness (QED) is 0.782. The van der Waals surface area contributed by atoms with E-state index in [0.29, 0.717) is 18.7 Å². The van der Waals surface area contributed by atoms with Gasteiger partial charge in [-0.25, -0.2) is 4.39 Å². The molecule has 0 unspecified atom stereocenters. The lowest BCUT2D eigenvalue weighted by Crippen LogP contribution is -2.05. The number of benzene rings is 2. The van der Waals surface area contributed by atoms with Crippen molar-refractivity contribution in [1.82, 2.24) is 9.78 Å². The number of fused-ring (bicyclic) bond motifs is 1. The minimum absolute atomic E-state index is 0.225. The lowest BCUT2D eigenvalue weighted by Gasteiger charge is -2.07. The number of nitrogens with two attached hydrogens (primary N) is 1. The molecule has 0 aliphatic carbocycles. The third-order valence-electron chi connectivity index (χ3n) is 3.22. The molecule has 0 spiro atoms. The zero-order valence-electron chi connectivity index (χ0n) is 10.4. The standard InChI is InChI=1S/C15H14FN3/c16-14-6-5-11(8-17)7-13(14)10-19-15-4-2-1-3-12(15)9-18-19/h1-7,9H,8,10,17H2. The van der Waals surface area contributed by atoms with Gasteiger partial charge in [-0.15, -0.1) is 0 Å². The van der Waals surface area contributed by atoms with E-state index in [1.165, 1.54) is 6.07 Å². The summed E-state index contributed by atoms with van der Waals surface area (Å²) < 4.78 is 15.6. The lowest BCUT2D eigenvalue weighted by molar-refractivity contribution is 0.589. The number of para-hydroxylation sites is 1. The predicted octanol–water partition coefficient (Wildman–Crippen LogP) is 2.68. The van der Waals surface area contributed by atoms with Gasteiger partial charge < -0.3 is 5.73 Å². The zero-order chi connectivity index (χ0) is 13.2. The van der Waals surface area contributed by atoms with E-state index < -0.39 is 0 Å². The Morgan fingerprint density at radius 1 is 1.16 bits per heavy atom. The van der Waals surface area contributed by atoms with Crippen LogP contribution in [0.4, 0.5) is 4.39 Å². The molecule has 3 nitrogen and oxygen atoms in total. The van der Waals surface area contributed by atoms with Crippen LogP contribution in [0.25, 0.3) is 10.9 Å². The number of halogens is 1. The summed E-state index contributed by atoms with van der Waals surface area (Å²) in [4.78, 5) is 0. The number of rotatable bonds is 3. The van der Waals surface area contributed by atoms with Gasteiger partial charge in [0.05, 0.1) is 18.3 Å². The molecule has 0 saturated carbocycles. The van der Waals surface area contributed by atoms with Crippen molar-refractivity contribution in [1.29, 1.82) is 0 Å². The molecule has 1 aromatic heterocycles. The first kappa shape index (κ1) is 11.9. The Balaban J connectivity index is 2.01. The molecule has 0 atom stereocenters. The molecule has 0 saturated heterocycles. The number of hydrogen-bond donors (Lipinski definition) is 1. The van der Waals surface area contributed by atoms with E-state index in [1.807, 2.05) is 24.3 Å². The molecule has 0 aliphatic rings. The second kappa shape index (κ2) is 4.82. The van der Waals surface area contributed by atoms with Gasteiger partial charge >= 0.3 is 0 Å². The van der Waals surface area contributed by atoms with Gasteiger partial charge in [-0.1, -0.05) is 24.3 Å². The Morgan fingerprint density at radius 3 is 2.84 bits per heavy atom. The Bertz CT molecular complexity index is 718. The molecule has 2 aromatic carbocycles. The van der Waals surface area contributed by atoms with Crippen LogP contribution in [0.5, 0.6) is 0 Å². The minimum Gasteiger partial charge on any atom is -0.326 e. The Kier molecular flexibility index (Phi) is 3.01. The van der Waals surface area contributed by atoms with Crippen LogP contribution in [0, 0.1) is 5.82 Å². The topological polar surface area (TPSA) is 43.8 Å². The molecule has 0 amide bonds. The van der Waals surface area contributed by atoms with Crippen molar-refractivity contribution >= 4 is 10.9 Å². The predicted molar refractivity (Wildman–Crippen MR) is 73.1 cm³/mol. The van der Waals surface area contributed by atoms with Crippen molar-refractivity contribution in [3.63, 3.8) is 0 Å². The third-order valence-corrected chi connectivity index (χ3v) is 3.22. The van der Waals surface area contributed by atoms with E-state index in [-0.39, 0.29) is 5.82 Å². The molecule has 0 bridgehead atoms. The van der Waals surface area contributed by atoms with Crippen molar-refractivity contribution in [3.8, 4) is 0 Å². The largest absolute Gasteiger partial charge is 0.326 e. The smallest absolute Gasteiger partial charge is 0.128 e. The van der Waals surface area contributed by atoms with Crippen molar-refractivity contribution in [2.24, 2.45) is 5.73 Å². The van der Waals surface area contributed by atoms with E-state index in [4.69, 9.17) is 5.73 Å². The zero-order valence-corrected chi connectivity index (χ0v) is 10.4. The maximum Gasteiger partial charge on any atom is 0.128 e. The van der Waals surface area contributed by atoms with Gasteiger partial charge in [0.2, 0.25) is 0 Å². The van der Waals surface area contributed by atoms with Crippen molar-refractivity contribution in [2.45, 2.75) is 13.1 Å². The summed E-state index contributed by atoms with van der Waals surface area (Å²) in [7, 11) is 0. The summed E-state index contributed by atoms with van der Waals surface area (Å²) in [5.74, 6) is -0.225. The summed E-state index contributed by atoms with van der Waals surface area (Å²) in [5.41, 5.74) is 8.12. The van der Waals surface area contributed by atoms with Gasteiger partial charge in [0.1, 0.15) is 5.82 Å². The van der Waals surface area contributed by atoms with Crippen LogP contribution in [0.1, 0.15) is 11.1 Å². The Morgan fingerprint density at radius 2 is 2.00 bits per heavy atom. The maximum absolute atomic E-state index is 13.8. The summed E-state index contributed by atoms with van der Waals surface area (Å²) in [5, 5.41) is 5.36. The van der Waals surface area contributed by atoms with Gasteiger partial charge in [0.15, 0.2) is 0 Å². The summed E-state index contributed by atoms with van der Waals surface area (Å²) >= 11 is 0. The highest BCUT2D eigenvalue weighted by molar-refractivity contribution is 5.78. The molecule has 0 aliphatic heterocycles. The fourth-order valence-corrected chi connectivity index (χ4v) is 2.19. The van der Waals surface area contributed by atoms with Crippen LogP contribution >= 0.6 is 0 Å². The van der Waals surface area contributed by atoms with Crippen LogP contribution in [0.3, 0.4) is 0 Å². The molecule has 1 heterocycles. The van der Waals surface area contributed by atoms with Gasteiger partial charge in [-0.3, -0.25) is 4.68 Å². The van der Waals surface area contributed by atoms with E-state index in [2.05, 4.69) is 5.10 Å². The third kappa shape index (κ3) is 2.22. The average molecular weight is 255 g/mol. The fraction of sp³-hybridized carbons (Fsp3) is 0.133. The van der Waals surface area contributed by atoms with E-state index >= 15 is 0 Å². The Labute approximate surface area is 110 Å². The number of aromatic nitrogens is 2. The van der Waals surface area contributed by atoms with Crippen LogP contribution in [-0.4, -0.2) is 9.78 Å². The van der Waals surface area contributed by atoms with Crippen LogP contribution in [-0.2, 0) is 13.1 Å². The summed E-state index contributed by atoms with van der Waals surface area (Å²) in [6.07, 6.45) is 1.79. The van der Waals surface area contributed by atoms with Crippen molar-refractivity contribution in [2.75, 3.05) is 0 Å². The van der Waals surface area contributed by atoms with Gasteiger partial charge in [0, 0.05) is 17.5 Å². The van der Waals surface area contributed by atoms with Crippen LogP contribution in [0.15, 0.2) is 48.7 Å². The van der Waals surface area contributed by atoms with Gasteiger partial charge in [-0.2, -0.15) is 5.10 Å². The fourth-order valence-electron chi connectivity index (χ4n) is 2.19. The maximum atomic E-state index is 13.8. The molecular weight excluding hydrogens is 241 g/mol. The lowest BCUT2D eigenvalue weighted by atomic mass is 10.1.